The lowest BCUT2D eigenvalue weighted by Crippen LogP contribution is -2.25. The van der Waals surface area contributed by atoms with Crippen molar-refractivity contribution < 1.29 is 13.6 Å². The van der Waals surface area contributed by atoms with Crippen molar-refractivity contribution in [3.05, 3.63) is 29.6 Å². The van der Waals surface area contributed by atoms with Gasteiger partial charge in [-0.1, -0.05) is 0 Å². The Labute approximate surface area is 108 Å². The predicted octanol–water partition coefficient (Wildman–Crippen LogP) is 2.64. The van der Waals surface area contributed by atoms with Gasteiger partial charge in [0, 0.05) is 12.1 Å². The number of fused-ring (bicyclic) bond motifs is 1. The molecule has 3 rings (SSSR count). The number of nitrogens with one attached hydrogen (secondary N) is 2. The Morgan fingerprint density at radius 3 is 2.95 bits per heavy atom. The fourth-order valence-electron chi connectivity index (χ4n) is 1.94. The van der Waals surface area contributed by atoms with Gasteiger partial charge in [0.05, 0.1) is 11.0 Å². The van der Waals surface area contributed by atoms with Crippen LogP contribution in [0.1, 0.15) is 35.4 Å². The van der Waals surface area contributed by atoms with Gasteiger partial charge in [-0.25, -0.2) is 13.8 Å². The smallest absolute Gasteiger partial charge is 0.295 e. The number of hydrogen-bond acceptors (Lipinski definition) is 2. The van der Waals surface area contributed by atoms with Gasteiger partial charge in [-0.3, -0.25) is 4.79 Å². The number of hydrogen-bond donors (Lipinski definition) is 2. The molecule has 1 aliphatic carbocycles. The van der Waals surface area contributed by atoms with Gasteiger partial charge >= 0.3 is 0 Å². The zero-order chi connectivity index (χ0) is 13.4. The van der Waals surface area contributed by atoms with E-state index in [2.05, 4.69) is 15.3 Å². The van der Waals surface area contributed by atoms with Crippen molar-refractivity contribution in [1.82, 2.24) is 15.3 Å². The third-order valence-electron chi connectivity index (χ3n) is 3.22. The van der Waals surface area contributed by atoms with Crippen LogP contribution in [0.25, 0.3) is 11.0 Å². The minimum atomic E-state index is -2.64. The first-order valence-electron chi connectivity index (χ1n) is 6.19. The van der Waals surface area contributed by atoms with Crippen LogP contribution >= 0.6 is 0 Å². The Bertz CT molecular complexity index is 619. The average molecular weight is 265 g/mol. The zero-order valence-corrected chi connectivity index (χ0v) is 10.1. The molecule has 0 bridgehead atoms. The highest BCUT2D eigenvalue weighted by atomic mass is 19.3. The molecular weight excluding hydrogens is 252 g/mol. The Hall–Kier alpha value is -1.98. The van der Waals surface area contributed by atoms with Crippen LogP contribution in [0.4, 0.5) is 8.78 Å². The van der Waals surface area contributed by atoms with Crippen molar-refractivity contribution in [3.8, 4) is 0 Å². The highest BCUT2D eigenvalue weighted by molar-refractivity contribution is 5.97. The van der Waals surface area contributed by atoms with Gasteiger partial charge < -0.3 is 10.3 Å². The Kier molecular flexibility index (Phi) is 2.93. The van der Waals surface area contributed by atoms with Crippen LogP contribution in [-0.2, 0) is 0 Å². The Balaban J connectivity index is 1.81. The quantitative estimate of drug-likeness (QED) is 0.892. The van der Waals surface area contributed by atoms with Gasteiger partial charge in [0.2, 0.25) is 0 Å². The number of amides is 1. The summed E-state index contributed by atoms with van der Waals surface area (Å²) in [6, 6.07) is 4.72. The number of alkyl halides is 2. The van der Waals surface area contributed by atoms with E-state index in [1.54, 1.807) is 18.2 Å². The van der Waals surface area contributed by atoms with E-state index in [1.807, 2.05) is 0 Å². The fourth-order valence-corrected chi connectivity index (χ4v) is 1.94. The second-order valence-electron chi connectivity index (χ2n) is 4.81. The lowest BCUT2D eigenvalue weighted by molar-refractivity contribution is 0.0952. The number of halogens is 2. The summed E-state index contributed by atoms with van der Waals surface area (Å²) < 4.78 is 25.0. The summed E-state index contributed by atoms with van der Waals surface area (Å²) in [4.78, 5) is 18.2. The van der Waals surface area contributed by atoms with Crippen LogP contribution in [0.5, 0.6) is 0 Å². The van der Waals surface area contributed by atoms with Gasteiger partial charge in [-0.2, -0.15) is 0 Å². The molecule has 2 N–H and O–H groups in total. The second kappa shape index (κ2) is 4.60. The summed E-state index contributed by atoms with van der Waals surface area (Å²) in [5.41, 5.74) is 1.35. The van der Waals surface area contributed by atoms with Crippen molar-refractivity contribution in [1.29, 1.82) is 0 Å². The molecule has 2 aromatic rings. The molecule has 1 saturated carbocycles. The number of imidazole rings is 1. The summed E-state index contributed by atoms with van der Waals surface area (Å²) in [7, 11) is 0. The van der Waals surface area contributed by atoms with Crippen LogP contribution < -0.4 is 5.32 Å². The topological polar surface area (TPSA) is 57.8 Å². The minimum absolute atomic E-state index is 0.179. The predicted molar refractivity (Wildman–Crippen MR) is 66.1 cm³/mol. The molecule has 6 heteroatoms. The number of aromatic nitrogens is 2. The number of aromatic amines is 1. The minimum Gasteiger partial charge on any atom is -0.352 e. The summed E-state index contributed by atoms with van der Waals surface area (Å²) in [5, 5.41) is 2.83. The maximum atomic E-state index is 12.5. The molecule has 1 aromatic carbocycles. The van der Waals surface area contributed by atoms with Gasteiger partial charge in [0.15, 0.2) is 5.82 Å². The van der Waals surface area contributed by atoms with Crippen LogP contribution in [-0.4, -0.2) is 22.4 Å². The standard InChI is InChI=1S/C13H13F2N3O/c14-11(15)12-17-9-4-3-8(5-10(9)18-12)13(19)16-6-7-1-2-7/h3-5,7,11H,1-2,6H2,(H,16,19)(H,17,18). The van der Waals surface area contributed by atoms with E-state index in [9.17, 15) is 13.6 Å². The molecule has 1 heterocycles. The second-order valence-corrected chi connectivity index (χ2v) is 4.81. The van der Waals surface area contributed by atoms with Gasteiger partial charge in [0.1, 0.15) is 0 Å². The van der Waals surface area contributed by atoms with E-state index >= 15 is 0 Å². The molecular formula is C13H13F2N3O. The molecule has 0 spiro atoms. The van der Waals surface area contributed by atoms with Gasteiger partial charge in [0.25, 0.3) is 12.3 Å². The molecule has 0 unspecified atom stereocenters. The van der Waals surface area contributed by atoms with Crippen molar-refractivity contribution in [2.24, 2.45) is 5.92 Å². The molecule has 0 radical (unpaired) electrons. The average Bonchev–Trinajstić information content (AvgIpc) is 3.12. The van der Waals surface area contributed by atoms with Crippen LogP contribution in [0.2, 0.25) is 0 Å². The van der Waals surface area contributed by atoms with E-state index in [0.717, 1.165) is 12.8 Å². The fraction of sp³-hybridized carbons (Fsp3) is 0.385. The summed E-state index contributed by atoms with van der Waals surface area (Å²) in [5.74, 6) is 0.0535. The first kappa shape index (κ1) is 12.1. The third kappa shape index (κ3) is 2.57. The lowest BCUT2D eigenvalue weighted by Gasteiger charge is -2.03. The SMILES string of the molecule is O=C(NCC1CC1)c1ccc2nc(C(F)F)[nH]c2c1. The molecule has 0 aliphatic heterocycles. The molecule has 4 nitrogen and oxygen atoms in total. The molecule has 1 aliphatic rings. The maximum absolute atomic E-state index is 12.5. The summed E-state index contributed by atoms with van der Waals surface area (Å²) in [6.45, 7) is 0.683. The summed E-state index contributed by atoms with van der Waals surface area (Å²) >= 11 is 0. The number of nitrogens with zero attached hydrogens (tertiary/aromatic N) is 1. The number of carbonyl (C=O) groups excluding carboxylic acids is 1. The van der Waals surface area contributed by atoms with Crippen molar-refractivity contribution >= 4 is 16.9 Å². The maximum Gasteiger partial charge on any atom is 0.295 e. The number of carbonyl (C=O) groups is 1. The van der Waals surface area contributed by atoms with E-state index < -0.39 is 6.43 Å². The lowest BCUT2D eigenvalue weighted by atomic mass is 10.2. The normalized spacial score (nSPS) is 15.1. The van der Waals surface area contributed by atoms with Crippen LogP contribution in [0, 0.1) is 5.92 Å². The van der Waals surface area contributed by atoms with Crippen LogP contribution in [0.3, 0.4) is 0 Å². The van der Waals surface area contributed by atoms with Gasteiger partial charge in [-0.15, -0.1) is 0 Å². The van der Waals surface area contributed by atoms with Crippen molar-refractivity contribution in [3.63, 3.8) is 0 Å². The van der Waals surface area contributed by atoms with E-state index in [4.69, 9.17) is 0 Å². The molecule has 1 amide bonds. The largest absolute Gasteiger partial charge is 0.352 e. The molecule has 19 heavy (non-hydrogen) atoms. The molecule has 100 valence electrons. The van der Waals surface area contributed by atoms with E-state index in [1.165, 1.54) is 0 Å². The third-order valence-corrected chi connectivity index (χ3v) is 3.22. The molecule has 0 atom stereocenters. The van der Waals surface area contributed by atoms with Crippen molar-refractivity contribution in [2.45, 2.75) is 19.3 Å². The van der Waals surface area contributed by atoms with Crippen molar-refractivity contribution in [2.75, 3.05) is 6.54 Å². The first-order chi connectivity index (χ1) is 9.13. The van der Waals surface area contributed by atoms with Crippen LogP contribution in [0.15, 0.2) is 18.2 Å². The number of rotatable bonds is 4. The molecule has 0 saturated heterocycles. The van der Waals surface area contributed by atoms with E-state index in [0.29, 0.717) is 29.1 Å². The van der Waals surface area contributed by atoms with E-state index in [-0.39, 0.29) is 11.7 Å². The monoisotopic (exact) mass is 265 g/mol. The summed E-state index contributed by atoms with van der Waals surface area (Å²) in [6.07, 6.45) is -0.311. The highest BCUT2D eigenvalue weighted by Gasteiger charge is 2.22. The van der Waals surface area contributed by atoms with Gasteiger partial charge in [-0.05, 0) is 37.0 Å². The number of benzene rings is 1. The zero-order valence-electron chi connectivity index (χ0n) is 10.1. The first-order valence-corrected chi connectivity index (χ1v) is 6.19. The highest BCUT2D eigenvalue weighted by Crippen LogP contribution is 2.27. The molecule has 1 fully saturated rings. The number of H-pyrrole nitrogens is 1. The Morgan fingerprint density at radius 1 is 1.47 bits per heavy atom. The Morgan fingerprint density at radius 2 is 2.26 bits per heavy atom. The molecule has 1 aromatic heterocycles.